The predicted molar refractivity (Wildman–Crippen MR) is 134 cm³/mol. The lowest BCUT2D eigenvalue weighted by Crippen LogP contribution is -2.42. The van der Waals surface area contributed by atoms with Crippen molar-refractivity contribution in [2.24, 2.45) is 10.9 Å². The molecular weight excluding hydrogens is 515 g/mol. The fourth-order valence-corrected chi connectivity index (χ4v) is 4.81. The minimum Gasteiger partial charge on any atom is -0.379 e. The van der Waals surface area contributed by atoms with Gasteiger partial charge in [-0.05, 0) is 36.8 Å². The maximum Gasteiger partial charge on any atom is 0.218 e. The molecule has 2 N–H and O–H groups in total. The van der Waals surface area contributed by atoms with E-state index in [1.165, 1.54) is 4.31 Å². The van der Waals surface area contributed by atoms with Crippen LogP contribution in [0.25, 0.3) is 0 Å². The van der Waals surface area contributed by atoms with Gasteiger partial charge in [-0.15, -0.1) is 24.0 Å². The molecule has 0 aromatic heterocycles. The summed E-state index contributed by atoms with van der Waals surface area (Å²) in [6, 6.07) is 7.99. The van der Waals surface area contributed by atoms with Crippen LogP contribution >= 0.6 is 24.0 Å². The molecule has 1 aromatic carbocycles. The third-order valence-corrected chi connectivity index (χ3v) is 6.88. The van der Waals surface area contributed by atoms with E-state index in [2.05, 4.69) is 36.4 Å². The highest BCUT2D eigenvalue weighted by Crippen LogP contribution is 2.16. The van der Waals surface area contributed by atoms with E-state index in [0.717, 1.165) is 29.9 Å². The third-order valence-electron chi connectivity index (χ3n) is 5.05. The summed E-state index contributed by atoms with van der Waals surface area (Å²) in [6.07, 6.45) is 2.24. The molecule has 1 aliphatic rings. The molecule has 7 nitrogen and oxygen atoms in total. The Balaban J connectivity index is 0.00000450. The Kier molecular flexibility index (Phi) is 12.2. The first-order valence-electron chi connectivity index (χ1n) is 10.4. The predicted octanol–water partition coefficient (Wildman–Crippen LogP) is 2.96. The Morgan fingerprint density at radius 1 is 1.13 bits per heavy atom. The quantitative estimate of drug-likeness (QED) is 0.280. The van der Waals surface area contributed by atoms with Gasteiger partial charge in [0.05, 0.1) is 19.0 Å². The van der Waals surface area contributed by atoms with Gasteiger partial charge in [-0.25, -0.2) is 8.42 Å². The second-order valence-electron chi connectivity index (χ2n) is 7.98. The average Bonchev–Trinajstić information content (AvgIpc) is 2.71. The minimum absolute atomic E-state index is 0. The molecule has 0 bridgehead atoms. The number of aliphatic imine (C=N–C) groups is 1. The monoisotopic (exact) mass is 552 g/mol. The first-order valence-corrected chi connectivity index (χ1v) is 12.0. The van der Waals surface area contributed by atoms with E-state index >= 15 is 0 Å². The molecule has 1 aliphatic heterocycles. The van der Waals surface area contributed by atoms with Gasteiger partial charge < -0.3 is 15.4 Å². The van der Waals surface area contributed by atoms with Crippen LogP contribution in [0.15, 0.2) is 29.3 Å². The molecule has 1 fully saturated rings. The zero-order chi connectivity index (χ0) is 21.3. The van der Waals surface area contributed by atoms with Crippen molar-refractivity contribution < 1.29 is 13.2 Å². The molecule has 172 valence electrons. The molecule has 1 saturated heterocycles. The number of guanidine groups is 1. The number of halogens is 1. The molecule has 9 heteroatoms. The second-order valence-corrected chi connectivity index (χ2v) is 9.95. The van der Waals surface area contributed by atoms with Crippen molar-refractivity contribution in [1.29, 1.82) is 0 Å². The van der Waals surface area contributed by atoms with Crippen LogP contribution in [-0.4, -0.2) is 58.1 Å². The Bertz CT molecular complexity index is 765. The van der Waals surface area contributed by atoms with Crippen LogP contribution in [0.2, 0.25) is 0 Å². The van der Waals surface area contributed by atoms with Crippen molar-refractivity contribution in [3.8, 4) is 0 Å². The molecular formula is C21H37IN4O3S. The van der Waals surface area contributed by atoms with Gasteiger partial charge in [0.25, 0.3) is 0 Å². The number of sulfonamides is 1. The van der Waals surface area contributed by atoms with Gasteiger partial charge in [0.15, 0.2) is 5.96 Å². The maximum atomic E-state index is 12.8. The van der Waals surface area contributed by atoms with Gasteiger partial charge in [-0.3, -0.25) is 4.99 Å². The van der Waals surface area contributed by atoms with Crippen molar-refractivity contribution >= 4 is 40.0 Å². The molecule has 1 aromatic rings. The van der Waals surface area contributed by atoms with Crippen LogP contribution in [0.4, 0.5) is 0 Å². The van der Waals surface area contributed by atoms with Crippen molar-refractivity contribution in [3.63, 3.8) is 0 Å². The van der Waals surface area contributed by atoms with Crippen molar-refractivity contribution in [1.82, 2.24) is 14.9 Å². The Labute approximate surface area is 199 Å². The van der Waals surface area contributed by atoms with E-state index in [-0.39, 0.29) is 29.7 Å². The van der Waals surface area contributed by atoms with Crippen LogP contribution in [-0.2, 0) is 27.1 Å². The fraction of sp³-hybridized carbons (Fsp3) is 0.667. The second kappa shape index (κ2) is 13.5. The van der Waals surface area contributed by atoms with Crippen LogP contribution < -0.4 is 10.6 Å². The number of nitrogens with one attached hydrogen (secondary N) is 2. The number of benzene rings is 1. The summed E-state index contributed by atoms with van der Waals surface area (Å²) in [5.74, 6) is 1.41. The topological polar surface area (TPSA) is 83.0 Å². The van der Waals surface area contributed by atoms with Crippen LogP contribution in [0.5, 0.6) is 0 Å². The lowest BCUT2D eigenvalue weighted by Gasteiger charge is -2.26. The van der Waals surface area contributed by atoms with Gasteiger partial charge in [0.2, 0.25) is 10.0 Å². The molecule has 0 saturated carbocycles. The van der Waals surface area contributed by atoms with E-state index in [0.29, 0.717) is 44.8 Å². The maximum absolute atomic E-state index is 12.8. The van der Waals surface area contributed by atoms with Crippen molar-refractivity contribution in [3.05, 3.63) is 35.4 Å². The van der Waals surface area contributed by atoms with E-state index in [1.54, 1.807) is 7.05 Å². The fourth-order valence-electron chi connectivity index (χ4n) is 3.25. The van der Waals surface area contributed by atoms with Gasteiger partial charge in [0, 0.05) is 32.7 Å². The largest absolute Gasteiger partial charge is 0.379 e. The van der Waals surface area contributed by atoms with Gasteiger partial charge in [-0.2, -0.15) is 4.31 Å². The molecule has 1 unspecified atom stereocenters. The highest BCUT2D eigenvalue weighted by Gasteiger charge is 2.25. The summed E-state index contributed by atoms with van der Waals surface area (Å²) < 4.78 is 32.4. The van der Waals surface area contributed by atoms with Crippen molar-refractivity contribution in [2.45, 2.75) is 52.0 Å². The van der Waals surface area contributed by atoms with E-state index in [9.17, 15) is 8.42 Å². The van der Waals surface area contributed by atoms with Gasteiger partial charge in [-0.1, -0.05) is 38.1 Å². The number of ether oxygens (including phenoxy) is 1. The summed E-state index contributed by atoms with van der Waals surface area (Å²) in [6.45, 7) is 8.88. The lowest BCUT2D eigenvalue weighted by atomic mass is 10.0. The van der Waals surface area contributed by atoms with Gasteiger partial charge >= 0.3 is 0 Å². The number of hydrogen-bond acceptors (Lipinski definition) is 4. The van der Waals surface area contributed by atoms with Crippen molar-refractivity contribution in [2.75, 3.05) is 33.4 Å². The highest BCUT2D eigenvalue weighted by molar-refractivity contribution is 14.0. The summed E-state index contributed by atoms with van der Waals surface area (Å²) in [4.78, 5) is 4.30. The Morgan fingerprint density at radius 2 is 1.77 bits per heavy atom. The number of nitrogens with zero attached hydrogens (tertiary/aromatic N) is 2. The SMILES string of the molecule is CN=C(NCc1ccccc1CS(=O)(=O)N1CCOCC1)NC(C)CCC(C)C.I. The summed E-state index contributed by atoms with van der Waals surface area (Å²) in [5.41, 5.74) is 1.77. The molecule has 0 amide bonds. The molecule has 0 aliphatic carbocycles. The third kappa shape index (κ3) is 9.07. The first-order chi connectivity index (χ1) is 13.8. The standard InChI is InChI=1S/C21H36N4O3S.HI/c1-17(2)9-10-18(3)24-21(22-4)23-15-19-7-5-6-8-20(19)16-29(26,27)25-11-13-28-14-12-25;/h5-8,17-18H,9-16H2,1-4H3,(H2,22,23,24);1H. The average molecular weight is 553 g/mol. The van der Waals surface area contributed by atoms with E-state index in [1.807, 2.05) is 24.3 Å². The molecule has 0 radical (unpaired) electrons. The van der Waals surface area contributed by atoms with Crippen LogP contribution in [0, 0.1) is 5.92 Å². The Morgan fingerprint density at radius 3 is 2.37 bits per heavy atom. The zero-order valence-electron chi connectivity index (χ0n) is 18.6. The molecule has 1 heterocycles. The highest BCUT2D eigenvalue weighted by atomic mass is 127. The number of morpholine rings is 1. The van der Waals surface area contributed by atoms with E-state index < -0.39 is 10.0 Å². The Hall–Kier alpha value is -0.910. The summed E-state index contributed by atoms with van der Waals surface area (Å²) in [7, 11) is -1.61. The summed E-state index contributed by atoms with van der Waals surface area (Å²) in [5, 5.41) is 6.73. The molecule has 1 atom stereocenters. The summed E-state index contributed by atoms with van der Waals surface area (Å²) >= 11 is 0. The molecule has 0 spiro atoms. The van der Waals surface area contributed by atoms with Crippen LogP contribution in [0.1, 0.15) is 44.7 Å². The normalized spacial score (nSPS) is 16.8. The molecule has 30 heavy (non-hydrogen) atoms. The number of rotatable bonds is 9. The first kappa shape index (κ1) is 27.1. The number of hydrogen-bond donors (Lipinski definition) is 2. The lowest BCUT2D eigenvalue weighted by molar-refractivity contribution is 0.0729. The van der Waals surface area contributed by atoms with Gasteiger partial charge in [0.1, 0.15) is 0 Å². The minimum atomic E-state index is -3.36. The molecule has 2 rings (SSSR count). The zero-order valence-corrected chi connectivity index (χ0v) is 21.7. The smallest absolute Gasteiger partial charge is 0.218 e. The van der Waals surface area contributed by atoms with E-state index in [4.69, 9.17) is 4.74 Å². The van der Waals surface area contributed by atoms with Crippen LogP contribution in [0.3, 0.4) is 0 Å².